The lowest BCUT2D eigenvalue weighted by Gasteiger charge is -2.08. The Hall–Kier alpha value is -1.80. The second-order valence-electron chi connectivity index (χ2n) is 6.02. The smallest absolute Gasteiger partial charge is 0.193 e. The van der Waals surface area contributed by atoms with Crippen LogP contribution in [-0.2, 0) is 11.3 Å². The molecule has 0 unspecified atom stereocenters. The number of hydrogen-bond donors (Lipinski definition) is 2. The first-order valence-corrected chi connectivity index (χ1v) is 8.43. The lowest BCUT2D eigenvalue weighted by molar-refractivity contribution is 0.120. The van der Waals surface area contributed by atoms with Crippen molar-refractivity contribution in [2.45, 2.75) is 26.9 Å². The van der Waals surface area contributed by atoms with E-state index in [1.807, 2.05) is 36.4 Å². The number of guanidine groups is 1. The quantitative estimate of drug-likeness (QED) is 0.262. The summed E-state index contributed by atoms with van der Waals surface area (Å²) in [7, 11) is 1.66. The average molecular weight is 469 g/mol. The number of anilines is 1. The van der Waals surface area contributed by atoms with Gasteiger partial charge in [-0.05, 0) is 61.2 Å². The highest BCUT2D eigenvalue weighted by Crippen LogP contribution is 2.13. The summed E-state index contributed by atoms with van der Waals surface area (Å²) >= 11 is 0. The number of aryl methyl sites for hydroxylation is 2. The number of nitrogens with one attached hydrogen (secondary N) is 1. The van der Waals surface area contributed by atoms with Gasteiger partial charge in [0.25, 0.3) is 0 Å². The highest BCUT2D eigenvalue weighted by molar-refractivity contribution is 14.0. The first kappa shape index (κ1) is 22.2. The minimum Gasteiger partial charge on any atom is -0.497 e. The predicted octanol–water partition coefficient (Wildman–Crippen LogP) is 4.26. The fraction of sp³-hybridized carbons (Fsp3) is 0.350. The molecule has 0 atom stereocenters. The Balaban J connectivity index is 0.00000338. The maximum Gasteiger partial charge on any atom is 0.193 e. The molecule has 0 aliphatic rings. The van der Waals surface area contributed by atoms with Crippen LogP contribution in [0.1, 0.15) is 23.1 Å². The van der Waals surface area contributed by atoms with Gasteiger partial charge in [0.2, 0.25) is 0 Å². The maximum atomic E-state index is 5.93. The molecule has 2 aromatic carbocycles. The number of aliphatic imine (C=N–C) groups is 1. The molecule has 142 valence electrons. The number of benzene rings is 2. The molecule has 0 spiro atoms. The molecule has 0 amide bonds. The zero-order valence-corrected chi connectivity index (χ0v) is 17.9. The summed E-state index contributed by atoms with van der Waals surface area (Å²) in [5, 5.41) is 3.13. The molecule has 0 saturated heterocycles. The monoisotopic (exact) mass is 469 g/mol. The third-order valence-electron chi connectivity index (χ3n) is 3.65. The molecule has 26 heavy (non-hydrogen) atoms. The van der Waals surface area contributed by atoms with Gasteiger partial charge in [-0.1, -0.05) is 18.2 Å². The van der Waals surface area contributed by atoms with Gasteiger partial charge in [0.05, 0.1) is 13.7 Å². The Labute approximate surface area is 173 Å². The zero-order valence-electron chi connectivity index (χ0n) is 15.6. The van der Waals surface area contributed by atoms with Crippen LogP contribution < -0.4 is 15.8 Å². The molecule has 0 saturated carbocycles. The minimum absolute atomic E-state index is 0. The number of ether oxygens (including phenoxy) is 2. The number of nitrogens with two attached hydrogens (primary N) is 1. The fourth-order valence-electron chi connectivity index (χ4n) is 2.51. The molecular formula is C20H28IN3O2. The van der Waals surface area contributed by atoms with Gasteiger partial charge in [0.15, 0.2) is 5.96 Å². The van der Waals surface area contributed by atoms with E-state index in [1.54, 1.807) is 7.11 Å². The first-order valence-electron chi connectivity index (χ1n) is 8.43. The highest BCUT2D eigenvalue weighted by Gasteiger charge is 1.98. The molecule has 3 N–H and O–H groups in total. The van der Waals surface area contributed by atoms with Crippen molar-refractivity contribution in [3.05, 3.63) is 59.2 Å². The van der Waals surface area contributed by atoms with Crippen LogP contribution in [-0.4, -0.2) is 26.2 Å². The SMILES string of the molecule is COc1ccc(COCCCN=C(N)Nc2cc(C)cc(C)c2)cc1.I. The van der Waals surface area contributed by atoms with E-state index in [2.05, 4.69) is 30.2 Å². The first-order chi connectivity index (χ1) is 12.1. The third kappa shape index (κ3) is 8.05. The summed E-state index contributed by atoms with van der Waals surface area (Å²) in [4.78, 5) is 4.33. The van der Waals surface area contributed by atoms with E-state index in [9.17, 15) is 0 Å². The van der Waals surface area contributed by atoms with Gasteiger partial charge in [0, 0.05) is 18.8 Å². The summed E-state index contributed by atoms with van der Waals surface area (Å²) in [6.07, 6.45) is 0.825. The normalized spacial score (nSPS) is 11.0. The lowest BCUT2D eigenvalue weighted by atomic mass is 10.1. The van der Waals surface area contributed by atoms with Crippen LogP contribution in [0.15, 0.2) is 47.5 Å². The highest BCUT2D eigenvalue weighted by atomic mass is 127. The zero-order chi connectivity index (χ0) is 18.1. The third-order valence-corrected chi connectivity index (χ3v) is 3.65. The molecule has 0 fully saturated rings. The molecule has 0 radical (unpaired) electrons. The fourth-order valence-corrected chi connectivity index (χ4v) is 2.51. The van der Waals surface area contributed by atoms with E-state index < -0.39 is 0 Å². The molecule has 2 aromatic rings. The second-order valence-corrected chi connectivity index (χ2v) is 6.02. The Morgan fingerprint density at radius 2 is 1.73 bits per heavy atom. The molecule has 2 rings (SSSR count). The van der Waals surface area contributed by atoms with E-state index >= 15 is 0 Å². The Morgan fingerprint density at radius 1 is 1.08 bits per heavy atom. The van der Waals surface area contributed by atoms with Crippen molar-refractivity contribution in [3.63, 3.8) is 0 Å². The minimum atomic E-state index is 0. The van der Waals surface area contributed by atoms with Crippen molar-refractivity contribution in [3.8, 4) is 5.75 Å². The molecule has 0 heterocycles. The van der Waals surface area contributed by atoms with Crippen LogP contribution in [0, 0.1) is 13.8 Å². The molecular weight excluding hydrogens is 441 g/mol. The van der Waals surface area contributed by atoms with E-state index in [-0.39, 0.29) is 24.0 Å². The van der Waals surface area contributed by atoms with Crippen LogP contribution in [0.4, 0.5) is 5.69 Å². The second kappa shape index (κ2) is 11.7. The van der Waals surface area contributed by atoms with Crippen molar-refractivity contribution in [2.75, 3.05) is 25.6 Å². The average Bonchev–Trinajstić information content (AvgIpc) is 2.57. The number of nitrogens with zero attached hydrogens (tertiary/aromatic N) is 1. The van der Waals surface area contributed by atoms with Crippen LogP contribution in [0.3, 0.4) is 0 Å². The van der Waals surface area contributed by atoms with Gasteiger partial charge < -0.3 is 20.5 Å². The summed E-state index contributed by atoms with van der Waals surface area (Å²) in [5.41, 5.74) is 10.4. The summed E-state index contributed by atoms with van der Waals surface area (Å²) in [6, 6.07) is 14.1. The molecule has 6 heteroatoms. The summed E-state index contributed by atoms with van der Waals surface area (Å²) < 4.78 is 10.8. The number of halogens is 1. The van der Waals surface area contributed by atoms with Crippen LogP contribution in [0.25, 0.3) is 0 Å². The standard InChI is InChI=1S/C20H27N3O2.HI/c1-15-11-16(2)13-18(12-15)23-20(21)22-9-4-10-25-14-17-5-7-19(24-3)8-6-17;/h5-8,11-13H,4,9-10,14H2,1-3H3,(H3,21,22,23);1H. The van der Waals surface area contributed by atoms with Crippen molar-refractivity contribution in [1.29, 1.82) is 0 Å². The number of methoxy groups -OCH3 is 1. The van der Waals surface area contributed by atoms with Gasteiger partial charge in [-0.3, -0.25) is 4.99 Å². The summed E-state index contributed by atoms with van der Waals surface area (Å²) in [6.45, 7) is 5.99. The van der Waals surface area contributed by atoms with E-state index in [0.717, 1.165) is 23.4 Å². The largest absolute Gasteiger partial charge is 0.497 e. The molecule has 5 nitrogen and oxygen atoms in total. The van der Waals surface area contributed by atoms with Crippen LogP contribution >= 0.6 is 24.0 Å². The predicted molar refractivity (Wildman–Crippen MR) is 119 cm³/mol. The number of rotatable bonds is 8. The molecule has 0 bridgehead atoms. The van der Waals surface area contributed by atoms with Gasteiger partial charge in [-0.2, -0.15) is 0 Å². The summed E-state index contributed by atoms with van der Waals surface area (Å²) in [5.74, 6) is 1.28. The Bertz CT molecular complexity index is 682. The Kier molecular flexibility index (Phi) is 10.0. The molecule has 0 aromatic heterocycles. The van der Waals surface area contributed by atoms with Gasteiger partial charge in [0.1, 0.15) is 5.75 Å². The van der Waals surface area contributed by atoms with Crippen molar-refractivity contribution in [2.24, 2.45) is 10.7 Å². The van der Waals surface area contributed by atoms with E-state index in [4.69, 9.17) is 15.2 Å². The van der Waals surface area contributed by atoms with Crippen molar-refractivity contribution < 1.29 is 9.47 Å². The van der Waals surface area contributed by atoms with Crippen molar-refractivity contribution >= 4 is 35.6 Å². The van der Waals surface area contributed by atoms with E-state index in [1.165, 1.54) is 11.1 Å². The van der Waals surface area contributed by atoms with Crippen molar-refractivity contribution in [1.82, 2.24) is 0 Å². The van der Waals surface area contributed by atoms with Gasteiger partial charge in [-0.25, -0.2) is 0 Å². The van der Waals surface area contributed by atoms with Crippen LogP contribution in [0.2, 0.25) is 0 Å². The van der Waals surface area contributed by atoms with E-state index in [0.29, 0.717) is 25.7 Å². The van der Waals surface area contributed by atoms with Crippen LogP contribution in [0.5, 0.6) is 5.75 Å². The van der Waals surface area contributed by atoms with Gasteiger partial charge >= 0.3 is 0 Å². The lowest BCUT2D eigenvalue weighted by Crippen LogP contribution is -2.23. The Morgan fingerprint density at radius 3 is 2.35 bits per heavy atom. The molecule has 0 aliphatic heterocycles. The topological polar surface area (TPSA) is 68.9 Å². The maximum absolute atomic E-state index is 5.93. The molecule has 0 aliphatic carbocycles. The number of hydrogen-bond acceptors (Lipinski definition) is 3. The van der Waals surface area contributed by atoms with Gasteiger partial charge in [-0.15, -0.1) is 24.0 Å².